The van der Waals surface area contributed by atoms with E-state index in [-0.39, 0.29) is 11.7 Å². The van der Waals surface area contributed by atoms with Crippen LogP contribution >= 0.6 is 0 Å². The molecule has 2 rings (SSSR count). The van der Waals surface area contributed by atoms with Crippen molar-refractivity contribution in [3.8, 4) is 11.8 Å². The smallest absolute Gasteiger partial charge is 0.334 e. The Morgan fingerprint density at radius 2 is 1.90 bits per heavy atom. The van der Waals surface area contributed by atoms with Gasteiger partial charge in [0.1, 0.15) is 5.82 Å². The summed E-state index contributed by atoms with van der Waals surface area (Å²) in [5, 5.41) is 8.76. The van der Waals surface area contributed by atoms with Crippen molar-refractivity contribution in [1.29, 1.82) is 5.26 Å². The van der Waals surface area contributed by atoms with Gasteiger partial charge in [-0.3, -0.25) is 0 Å². The summed E-state index contributed by atoms with van der Waals surface area (Å²) in [4.78, 5) is 28.2. The molecular weight excluding hydrogens is 270 g/mol. The van der Waals surface area contributed by atoms with Crippen LogP contribution in [0.15, 0.2) is 33.9 Å². The second-order valence-corrected chi connectivity index (χ2v) is 5.06. The summed E-state index contributed by atoms with van der Waals surface area (Å²) < 4.78 is 1.77. The number of nitrogen functional groups attached to an aromatic ring is 1. The SMILES string of the molecule is CC(C)Cc1nc(=O)n(-c2ccc(C#N)cc2)c(=O)n1N. The zero-order valence-corrected chi connectivity index (χ0v) is 11.8. The van der Waals surface area contributed by atoms with Crippen LogP contribution in [-0.2, 0) is 6.42 Å². The quantitative estimate of drug-likeness (QED) is 0.809. The molecule has 0 spiro atoms. The van der Waals surface area contributed by atoms with E-state index in [1.54, 1.807) is 0 Å². The molecule has 1 aromatic heterocycles. The van der Waals surface area contributed by atoms with Crippen molar-refractivity contribution >= 4 is 0 Å². The molecule has 0 unspecified atom stereocenters. The molecule has 0 fully saturated rings. The monoisotopic (exact) mass is 285 g/mol. The van der Waals surface area contributed by atoms with E-state index in [4.69, 9.17) is 11.1 Å². The van der Waals surface area contributed by atoms with E-state index in [0.29, 0.717) is 17.7 Å². The van der Waals surface area contributed by atoms with Crippen LogP contribution in [0.2, 0.25) is 0 Å². The minimum Gasteiger partial charge on any atom is -0.334 e. The fraction of sp³-hybridized carbons (Fsp3) is 0.286. The second kappa shape index (κ2) is 5.63. The van der Waals surface area contributed by atoms with Crippen LogP contribution < -0.4 is 17.2 Å². The average Bonchev–Trinajstić information content (AvgIpc) is 2.45. The molecule has 0 aliphatic carbocycles. The van der Waals surface area contributed by atoms with Crippen LogP contribution in [0.5, 0.6) is 0 Å². The minimum atomic E-state index is -0.679. The third kappa shape index (κ3) is 2.84. The molecule has 0 aliphatic heterocycles. The molecule has 0 bridgehead atoms. The third-order valence-corrected chi connectivity index (χ3v) is 2.94. The topological polar surface area (TPSA) is 107 Å². The maximum atomic E-state index is 12.2. The molecular formula is C14H15N5O2. The molecule has 0 radical (unpaired) electrons. The van der Waals surface area contributed by atoms with Gasteiger partial charge in [-0.05, 0) is 30.2 Å². The number of rotatable bonds is 3. The number of hydrogen-bond acceptors (Lipinski definition) is 5. The van der Waals surface area contributed by atoms with E-state index in [0.717, 1.165) is 9.24 Å². The molecule has 7 heteroatoms. The highest BCUT2D eigenvalue weighted by molar-refractivity contribution is 5.38. The Hall–Kier alpha value is -2.88. The predicted octanol–water partition coefficient (Wildman–Crippen LogP) is 0.178. The lowest BCUT2D eigenvalue weighted by atomic mass is 10.1. The Labute approximate surface area is 120 Å². The van der Waals surface area contributed by atoms with Crippen LogP contribution in [0.25, 0.3) is 5.69 Å². The molecule has 0 amide bonds. The van der Waals surface area contributed by atoms with Crippen molar-refractivity contribution in [3.63, 3.8) is 0 Å². The van der Waals surface area contributed by atoms with Gasteiger partial charge < -0.3 is 5.84 Å². The largest absolute Gasteiger partial charge is 0.358 e. The van der Waals surface area contributed by atoms with Crippen molar-refractivity contribution in [2.45, 2.75) is 20.3 Å². The standard InChI is InChI=1S/C14H15N5O2/c1-9(2)7-12-17-13(20)18(14(21)19(12)16)11-5-3-10(8-15)4-6-11/h3-6,9H,7,16H2,1-2H3. The third-order valence-electron chi connectivity index (χ3n) is 2.94. The van der Waals surface area contributed by atoms with Gasteiger partial charge >= 0.3 is 11.4 Å². The first-order valence-corrected chi connectivity index (χ1v) is 6.44. The normalized spacial score (nSPS) is 10.6. The maximum Gasteiger partial charge on any atom is 0.358 e. The summed E-state index contributed by atoms with van der Waals surface area (Å²) in [7, 11) is 0. The lowest BCUT2D eigenvalue weighted by Crippen LogP contribution is -2.45. The van der Waals surface area contributed by atoms with Gasteiger partial charge in [-0.15, -0.1) is 0 Å². The van der Waals surface area contributed by atoms with Gasteiger partial charge in [0.15, 0.2) is 0 Å². The number of benzene rings is 1. The fourth-order valence-corrected chi connectivity index (χ4v) is 1.93. The van der Waals surface area contributed by atoms with Crippen LogP contribution in [0.1, 0.15) is 25.2 Å². The first-order chi connectivity index (χ1) is 9.93. The lowest BCUT2D eigenvalue weighted by molar-refractivity contribution is 0.570. The summed E-state index contributed by atoms with van der Waals surface area (Å²) in [6.07, 6.45) is 0.440. The first-order valence-electron chi connectivity index (χ1n) is 6.44. The lowest BCUT2D eigenvalue weighted by Gasteiger charge is -2.11. The molecule has 108 valence electrons. The Kier molecular flexibility index (Phi) is 3.89. The maximum absolute atomic E-state index is 12.2. The molecule has 21 heavy (non-hydrogen) atoms. The fourth-order valence-electron chi connectivity index (χ4n) is 1.93. The second-order valence-electron chi connectivity index (χ2n) is 5.06. The summed E-state index contributed by atoms with van der Waals surface area (Å²) in [5.41, 5.74) is -0.575. The molecule has 1 aromatic carbocycles. The van der Waals surface area contributed by atoms with Crippen LogP contribution in [0.3, 0.4) is 0 Å². The van der Waals surface area contributed by atoms with E-state index in [2.05, 4.69) is 4.98 Å². The summed E-state index contributed by atoms with van der Waals surface area (Å²) >= 11 is 0. The van der Waals surface area contributed by atoms with E-state index in [1.807, 2.05) is 19.9 Å². The Bertz CT molecular complexity index is 809. The van der Waals surface area contributed by atoms with Crippen LogP contribution in [0, 0.1) is 17.2 Å². The van der Waals surface area contributed by atoms with E-state index < -0.39 is 11.4 Å². The zero-order valence-electron chi connectivity index (χ0n) is 11.8. The van der Waals surface area contributed by atoms with Crippen LogP contribution in [-0.4, -0.2) is 14.2 Å². The summed E-state index contributed by atoms with van der Waals surface area (Å²) in [6, 6.07) is 8.01. The van der Waals surface area contributed by atoms with Crippen molar-refractivity contribution in [3.05, 3.63) is 56.6 Å². The van der Waals surface area contributed by atoms with Gasteiger partial charge in [0.05, 0.1) is 17.3 Å². The Balaban J connectivity index is 2.60. The van der Waals surface area contributed by atoms with Gasteiger partial charge in [-0.1, -0.05) is 13.8 Å². The van der Waals surface area contributed by atoms with Crippen molar-refractivity contribution < 1.29 is 0 Å². The number of hydrogen-bond donors (Lipinski definition) is 1. The molecule has 7 nitrogen and oxygen atoms in total. The van der Waals surface area contributed by atoms with Crippen molar-refractivity contribution in [2.75, 3.05) is 5.84 Å². The van der Waals surface area contributed by atoms with Crippen molar-refractivity contribution in [2.24, 2.45) is 5.92 Å². The highest BCUT2D eigenvalue weighted by atomic mass is 16.2. The highest BCUT2D eigenvalue weighted by Gasteiger charge is 2.13. The Morgan fingerprint density at radius 3 is 2.43 bits per heavy atom. The number of nitriles is 1. The van der Waals surface area contributed by atoms with E-state index in [9.17, 15) is 9.59 Å². The van der Waals surface area contributed by atoms with E-state index in [1.165, 1.54) is 24.3 Å². The first kappa shape index (κ1) is 14.5. The molecule has 0 saturated heterocycles. The minimum absolute atomic E-state index is 0.219. The van der Waals surface area contributed by atoms with Gasteiger partial charge in [-0.2, -0.15) is 14.9 Å². The number of nitrogens with zero attached hydrogens (tertiary/aromatic N) is 4. The molecule has 0 saturated carbocycles. The molecule has 2 N–H and O–H groups in total. The highest BCUT2D eigenvalue weighted by Crippen LogP contribution is 2.05. The predicted molar refractivity (Wildman–Crippen MR) is 77.5 cm³/mol. The zero-order chi connectivity index (χ0) is 15.6. The van der Waals surface area contributed by atoms with Crippen LogP contribution in [0.4, 0.5) is 0 Å². The number of aromatic nitrogens is 3. The number of nitrogens with two attached hydrogens (primary N) is 1. The van der Waals surface area contributed by atoms with Gasteiger partial charge in [0, 0.05) is 6.42 Å². The summed E-state index contributed by atoms with van der Waals surface area (Å²) in [5.74, 6) is 6.20. The molecule has 2 aromatic rings. The summed E-state index contributed by atoms with van der Waals surface area (Å²) in [6.45, 7) is 3.89. The van der Waals surface area contributed by atoms with Gasteiger partial charge in [0.2, 0.25) is 0 Å². The molecule has 0 atom stereocenters. The molecule has 1 heterocycles. The molecule has 0 aliphatic rings. The van der Waals surface area contributed by atoms with Crippen molar-refractivity contribution in [1.82, 2.24) is 14.2 Å². The van der Waals surface area contributed by atoms with Gasteiger partial charge in [-0.25, -0.2) is 14.2 Å². The van der Waals surface area contributed by atoms with E-state index >= 15 is 0 Å². The van der Waals surface area contributed by atoms with Gasteiger partial charge in [0.25, 0.3) is 0 Å². The Morgan fingerprint density at radius 1 is 1.29 bits per heavy atom. The average molecular weight is 285 g/mol.